The van der Waals surface area contributed by atoms with E-state index in [4.69, 9.17) is 21.1 Å². The molecule has 0 fully saturated rings. The summed E-state index contributed by atoms with van der Waals surface area (Å²) in [4.78, 5) is 8.09. The first-order chi connectivity index (χ1) is 8.52. The first kappa shape index (κ1) is 15.2. The molecule has 0 aliphatic carbocycles. The summed E-state index contributed by atoms with van der Waals surface area (Å²) >= 11 is 6.04. The second-order valence-corrected chi connectivity index (χ2v) is 5.21. The molecule has 0 saturated heterocycles. The van der Waals surface area contributed by atoms with E-state index in [0.29, 0.717) is 30.2 Å². The third-order valence-electron chi connectivity index (χ3n) is 2.29. The lowest BCUT2D eigenvalue weighted by Gasteiger charge is -2.13. The zero-order valence-corrected chi connectivity index (χ0v) is 12.2. The van der Waals surface area contributed by atoms with E-state index in [2.05, 4.69) is 23.8 Å². The Balaban J connectivity index is 2.49. The molecule has 4 nitrogen and oxygen atoms in total. The lowest BCUT2D eigenvalue weighted by atomic mass is 10.1. The molecule has 1 rings (SSSR count). The Labute approximate surface area is 114 Å². The minimum atomic E-state index is 0.227. The van der Waals surface area contributed by atoms with Crippen LogP contribution in [0.1, 0.15) is 39.2 Å². The van der Waals surface area contributed by atoms with Gasteiger partial charge in [0, 0.05) is 6.61 Å². The van der Waals surface area contributed by atoms with Crippen LogP contribution in [-0.2, 0) is 4.74 Å². The van der Waals surface area contributed by atoms with Crippen molar-refractivity contribution in [1.29, 1.82) is 0 Å². The Hall–Kier alpha value is -0.870. The van der Waals surface area contributed by atoms with E-state index in [-0.39, 0.29) is 5.92 Å². The molecule has 18 heavy (non-hydrogen) atoms. The molecule has 0 unspecified atom stereocenters. The van der Waals surface area contributed by atoms with Gasteiger partial charge in [0.15, 0.2) is 0 Å². The Morgan fingerprint density at radius 1 is 1.17 bits per heavy atom. The summed E-state index contributed by atoms with van der Waals surface area (Å²) in [6.07, 6.45) is 1.42. The summed E-state index contributed by atoms with van der Waals surface area (Å²) in [6.45, 7) is 10.1. The summed E-state index contributed by atoms with van der Waals surface area (Å²) in [5.41, 5.74) is 0.850. The Bertz CT molecular complexity index is 370. The number of aromatic nitrogens is 2. The number of rotatable bonds is 7. The fraction of sp³-hybridized carbons (Fsp3) is 0.692. The molecule has 0 spiro atoms. The van der Waals surface area contributed by atoms with E-state index in [1.165, 1.54) is 6.33 Å². The van der Waals surface area contributed by atoms with Gasteiger partial charge in [-0.25, -0.2) is 9.97 Å². The smallest absolute Gasteiger partial charge is 0.221 e. The Morgan fingerprint density at radius 2 is 1.89 bits per heavy atom. The number of nitrogens with zero attached hydrogens (tertiary/aromatic N) is 2. The van der Waals surface area contributed by atoms with Gasteiger partial charge < -0.3 is 9.47 Å². The molecule has 0 aromatic carbocycles. The average molecular weight is 273 g/mol. The van der Waals surface area contributed by atoms with Crippen LogP contribution >= 0.6 is 11.6 Å². The Kier molecular flexibility index (Phi) is 6.36. The number of ether oxygens (including phenoxy) is 2. The molecule has 0 radical (unpaired) electrons. The van der Waals surface area contributed by atoms with Gasteiger partial charge in [-0.1, -0.05) is 39.3 Å². The normalized spacial score (nSPS) is 11.3. The molecule has 0 saturated carbocycles. The van der Waals surface area contributed by atoms with Gasteiger partial charge in [0.2, 0.25) is 5.88 Å². The van der Waals surface area contributed by atoms with Crippen molar-refractivity contribution in [1.82, 2.24) is 9.97 Å². The van der Waals surface area contributed by atoms with Crippen LogP contribution in [0, 0.1) is 5.92 Å². The zero-order valence-electron chi connectivity index (χ0n) is 11.4. The van der Waals surface area contributed by atoms with Gasteiger partial charge in [-0.05, 0) is 11.8 Å². The second kappa shape index (κ2) is 7.54. The van der Waals surface area contributed by atoms with Gasteiger partial charge in [0.1, 0.15) is 18.1 Å². The summed E-state index contributed by atoms with van der Waals surface area (Å²) in [5.74, 6) is 1.31. The van der Waals surface area contributed by atoms with Gasteiger partial charge in [-0.15, -0.1) is 0 Å². The van der Waals surface area contributed by atoms with Crippen molar-refractivity contribution < 1.29 is 9.47 Å². The maximum atomic E-state index is 6.04. The molecule has 0 aliphatic heterocycles. The molecule has 0 amide bonds. The SMILES string of the molecule is CC(C)COCCOc1ncnc(Cl)c1C(C)C. The highest BCUT2D eigenvalue weighted by atomic mass is 35.5. The third-order valence-corrected chi connectivity index (χ3v) is 2.59. The van der Waals surface area contributed by atoms with Crippen molar-refractivity contribution in [2.75, 3.05) is 19.8 Å². The molecule has 0 bridgehead atoms. The predicted octanol–water partition coefficient (Wildman–Crippen LogP) is 3.30. The number of halogens is 1. The minimum absolute atomic E-state index is 0.227. The molecule has 0 aliphatic rings. The first-order valence-electron chi connectivity index (χ1n) is 6.23. The molecule has 102 valence electrons. The van der Waals surface area contributed by atoms with Gasteiger partial charge in [-0.2, -0.15) is 0 Å². The van der Waals surface area contributed by atoms with Crippen LogP contribution in [-0.4, -0.2) is 29.8 Å². The largest absolute Gasteiger partial charge is 0.475 e. The summed E-state index contributed by atoms with van der Waals surface area (Å²) in [7, 11) is 0. The van der Waals surface area contributed by atoms with Gasteiger partial charge in [-0.3, -0.25) is 0 Å². The van der Waals surface area contributed by atoms with E-state index >= 15 is 0 Å². The molecule has 1 heterocycles. The minimum Gasteiger partial charge on any atom is -0.475 e. The maximum absolute atomic E-state index is 6.04. The molecular formula is C13H21ClN2O2. The van der Waals surface area contributed by atoms with Crippen molar-refractivity contribution in [3.63, 3.8) is 0 Å². The number of hydrogen-bond donors (Lipinski definition) is 0. The van der Waals surface area contributed by atoms with E-state index in [0.717, 1.165) is 12.2 Å². The highest BCUT2D eigenvalue weighted by Gasteiger charge is 2.14. The summed E-state index contributed by atoms with van der Waals surface area (Å²) in [5, 5.41) is 0.457. The monoisotopic (exact) mass is 272 g/mol. The number of hydrogen-bond acceptors (Lipinski definition) is 4. The van der Waals surface area contributed by atoms with Crippen molar-refractivity contribution in [2.24, 2.45) is 5.92 Å². The molecule has 0 atom stereocenters. The summed E-state index contributed by atoms with van der Waals surface area (Å²) < 4.78 is 11.0. The van der Waals surface area contributed by atoms with Crippen LogP contribution in [0.4, 0.5) is 0 Å². The standard InChI is InChI=1S/C13H21ClN2O2/c1-9(2)7-17-5-6-18-13-11(10(3)4)12(14)15-8-16-13/h8-10H,5-7H2,1-4H3. The molecular weight excluding hydrogens is 252 g/mol. The zero-order chi connectivity index (χ0) is 13.5. The molecule has 1 aromatic rings. The van der Waals surface area contributed by atoms with Crippen LogP contribution in [0.15, 0.2) is 6.33 Å². The van der Waals surface area contributed by atoms with Crippen LogP contribution in [0.25, 0.3) is 0 Å². The van der Waals surface area contributed by atoms with E-state index < -0.39 is 0 Å². The van der Waals surface area contributed by atoms with Crippen molar-refractivity contribution in [3.05, 3.63) is 17.0 Å². The molecule has 0 N–H and O–H groups in total. The average Bonchev–Trinajstić information content (AvgIpc) is 2.27. The van der Waals surface area contributed by atoms with Gasteiger partial charge >= 0.3 is 0 Å². The van der Waals surface area contributed by atoms with Crippen molar-refractivity contribution in [2.45, 2.75) is 33.6 Å². The van der Waals surface area contributed by atoms with Crippen LogP contribution in [0.3, 0.4) is 0 Å². The first-order valence-corrected chi connectivity index (χ1v) is 6.61. The van der Waals surface area contributed by atoms with E-state index in [1.54, 1.807) is 0 Å². The van der Waals surface area contributed by atoms with Gasteiger partial charge in [0.05, 0.1) is 12.2 Å². The second-order valence-electron chi connectivity index (χ2n) is 4.86. The molecule has 1 aromatic heterocycles. The lowest BCUT2D eigenvalue weighted by molar-refractivity contribution is 0.0802. The van der Waals surface area contributed by atoms with Crippen LogP contribution < -0.4 is 4.74 Å². The van der Waals surface area contributed by atoms with E-state index in [1.807, 2.05) is 13.8 Å². The van der Waals surface area contributed by atoms with Crippen LogP contribution in [0.5, 0.6) is 5.88 Å². The van der Waals surface area contributed by atoms with Crippen molar-refractivity contribution in [3.8, 4) is 5.88 Å². The van der Waals surface area contributed by atoms with Crippen LogP contribution in [0.2, 0.25) is 5.15 Å². The topological polar surface area (TPSA) is 44.2 Å². The third kappa shape index (κ3) is 4.78. The summed E-state index contributed by atoms with van der Waals surface area (Å²) in [6, 6.07) is 0. The van der Waals surface area contributed by atoms with Crippen molar-refractivity contribution >= 4 is 11.6 Å². The van der Waals surface area contributed by atoms with E-state index in [9.17, 15) is 0 Å². The Morgan fingerprint density at radius 3 is 2.50 bits per heavy atom. The quantitative estimate of drug-likeness (QED) is 0.564. The maximum Gasteiger partial charge on any atom is 0.221 e. The highest BCUT2D eigenvalue weighted by Crippen LogP contribution is 2.29. The predicted molar refractivity (Wildman–Crippen MR) is 72.3 cm³/mol. The molecule has 5 heteroatoms. The fourth-order valence-corrected chi connectivity index (χ4v) is 1.82. The van der Waals surface area contributed by atoms with Gasteiger partial charge in [0.25, 0.3) is 0 Å². The fourth-order valence-electron chi connectivity index (χ4n) is 1.48. The lowest BCUT2D eigenvalue weighted by Crippen LogP contribution is -2.12. The highest BCUT2D eigenvalue weighted by molar-refractivity contribution is 6.30.